The standard InChI is InChI=1S/C12H19NO/c1-9-8-10(14-5)6-7-11(9)13-12(2,3)4/h6-8,13H,1-5H3. The van der Waals surface area contributed by atoms with Crippen molar-refractivity contribution in [3.05, 3.63) is 23.8 Å². The van der Waals surface area contributed by atoms with Crippen molar-refractivity contribution in [1.82, 2.24) is 0 Å². The highest BCUT2D eigenvalue weighted by atomic mass is 16.5. The molecule has 0 fully saturated rings. The first kappa shape index (κ1) is 10.9. The lowest BCUT2D eigenvalue weighted by molar-refractivity contribution is 0.414. The summed E-state index contributed by atoms with van der Waals surface area (Å²) in [7, 11) is 1.69. The van der Waals surface area contributed by atoms with Crippen molar-refractivity contribution in [2.24, 2.45) is 0 Å². The van der Waals surface area contributed by atoms with Crippen LogP contribution in [0, 0.1) is 6.92 Å². The van der Waals surface area contributed by atoms with E-state index in [4.69, 9.17) is 4.74 Å². The second-order valence-corrected chi connectivity index (χ2v) is 4.56. The zero-order valence-electron chi connectivity index (χ0n) is 9.64. The Hall–Kier alpha value is -1.18. The average molecular weight is 193 g/mol. The number of hydrogen-bond acceptors (Lipinski definition) is 2. The number of hydrogen-bond donors (Lipinski definition) is 1. The minimum Gasteiger partial charge on any atom is -0.497 e. The molecule has 1 aromatic carbocycles. The van der Waals surface area contributed by atoms with Gasteiger partial charge >= 0.3 is 0 Å². The van der Waals surface area contributed by atoms with Crippen LogP contribution in [0.1, 0.15) is 26.3 Å². The molecule has 0 saturated heterocycles. The Morgan fingerprint density at radius 1 is 1.21 bits per heavy atom. The first-order chi connectivity index (χ1) is 6.42. The second kappa shape index (κ2) is 3.91. The van der Waals surface area contributed by atoms with Gasteiger partial charge in [-0.2, -0.15) is 0 Å². The van der Waals surface area contributed by atoms with E-state index in [9.17, 15) is 0 Å². The molecule has 14 heavy (non-hydrogen) atoms. The summed E-state index contributed by atoms with van der Waals surface area (Å²) in [5.74, 6) is 0.905. The van der Waals surface area contributed by atoms with Crippen LogP contribution in [-0.4, -0.2) is 12.6 Å². The van der Waals surface area contributed by atoms with Crippen molar-refractivity contribution in [3.8, 4) is 5.75 Å². The monoisotopic (exact) mass is 193 g/mol. The molecule has 0 bridgehead atoms. The minimum atomic E-state index is 0.0966. The van der Waals surface area contributed by atoms with E-state index in [1.165, 1.54) is 11.3 Å². The van der Waals surface area contributed by atoms with Gasteiger partial charge in [0.05, 0.1) is 7.11 Å². The highest BCUT2D eigenvalue weighted by Crippen LogP contribution is 2.23. The molecule has 0 saturated carbocycles. The Morgan fingerprint density at radius 2 is 1.86 bits per heavy atom. The van der Waals surface area contributed by atoms with Crippen LogP contribution >= 0.6 is 0 Å². The SMILES string of the molecule is COc1ccc(NC(C)(C)C)c(C)c1. The van der Waals surface area contributed by atoms with E-state index in [1.807, 2.05) is 12.1 Å². The van der Waals surface area contributed by atoms with E-state index >= 15 is 0 Å². The number of aryl methyl sites for hydroxylation is 1. The maximum atomic E-state index is 5.15. The molecule has 0 amide bonds. The summed E-state index contributed by atoms with van der Waals surface area (Å²) in [6.45, 7) is 8.53. The Bertz CT molecular complexity index is 313. The number of nitrogens with one attached hydrogen (secondary N) is 1. The molecule has 0 atom stereocenters. The summed E-state index contributed by atoms with van der Waals surface area (Å²) in [6.07, 6.45) is 0. The third-order valence-electron chi connectivity index (χ3n) is 1.94. The zero-order valence-corrected chi connectivity index (χ0v) is 9.64. The lowest BCUT2D eigenvalue weighted by atomic mass is 10.1. The topological polar surface area (TPSA) is 21.3 Å². The van der Waals surface area contributed by atoms with Crippen molar-refractivity contribution >= 4 is 5.69 Å². The minimum absolute atomic E-state index is 0.0966. The molecule has 0 unspecified atom stereocenters. The van der Waals surface area contributed by atoms with Gasteiger partial charge in [0.25, 0.3) is 0 Å². The summed E-state index contributed by atoms with van der Waals surface area (Å²) in [4.78, 5) is 0. The van der Waals surface area contributed by atoms with Crippen molar-refractivity contribution in [1.29, 1.82) is 0 Å². The molecule has 1 N–H and O–H groups in total. The fourth-order valence-electron chi connectivity index (χ4n) is 1.31. The van der Waals surface area contributed by atoms with Crippen LogP contribution in [0.4, 0.5) is 5.69 Å². The van der Waals surface area contributed by atoms with Crippen LogP contribution in [0.5, 0.6) is 5.75 Å². The molecule has 2 heteroatoms. The number of benzene rings is 1. The molecule has 78 valence electrons. The van der Waals surface area contributed by atoms with Crippen LogP contribution in [0.25, 0.3) is 0 Å². The number of rotatable bonds is 2. The fourth-order valence-corrected chi connectivity index (χ4v) is 1.31. The number of methoxy groups -OCH3 is 1. The van der Waals surface area contributed by atoms with Crippen LogP contribution < -0.4 is 10.1 Å². The van der Waals surface area contributed by atoms with Gasteiger partial charge < -0.3 is 10.1 Å². The smallest absolute Gasteiger partial charge is 0.119 e. The lowest BCUT2D eigenvalue weighted by Gasteiger charge is -2.23. The van der Waals surface area contributed by atoms with Gasteiger partial charge in [0, 0.05) is 11.2 Å². The maximum absolute atomic E-state index is 5.15. The first-order valence-corrected chi connectivity index (χ1v) is 4.85. The van der Waals surface area contributed by atoms with Crippen LogP contribution in [0.15, 0.2) is 18.2 Å². The van der Waals surface area contributed by atoms with Crippen LogP contribution in [0.2, 0.25) is 0 Å². The normalized spacial score (nSPS) is 11.2. The van der Waals surface area contributed by atoms with Gasteiger partial charge in [-0.05, 0) is 51.5 Å². The molecule has 0 heterocycles. The van der Waals surface area contributed by atoms with E-state index in [0.29, 0.717) is 0 Å². The Balaban J connectivity index is 2.89. The quantitative estimate of drug-likeness (QED) is 0.778. The van der Waals surface area contributed by atoms with Gasteiger partial charge in [0.2, 0.25) is 0 Å². The summed E-state index contributed by atoms with van der Waals surface area (Å²) in [5, 5.41) is 3.45. The molecular weight excluding hydrogens is 174 g/mol. The summed E-state index contributed by atoms with van der Waals surface area (Å²) >= 11 is 0. The maximum Gasteiger partial charge on any atom is 0.119 e. The Morgan fingerprint density at radius 3 is 2.29 bits per heavy atom. The molecule has 0 spiro atoms. The van der Waals surface area contributed by atoms with Crippen molar-refractivity contribution in [2.75, 3.05) is 12.4 Å². The average Bonchev–Trinajstić information content (AvgIpc) is 2.06. The predicted octanol–water partition coefficient (Wildman–Crippen LogP) is 3.21. The largest absolute Gasteiger partial charge is 0.497 e. The third-order valence-corrected chi connectivity index (χ3v) is 1.94. The van der Waals surface area contributed by atoms with Crippen LogP contribution in [-0.2, 0) is 0 Å². The molecule has 0 radical (unpaired) electrons. The van der Waals surface area contributed by atoms with Crippen molar-refractivity contribution in [3.63, 3.8) is 0 Å². The summed E-state index contributed by atoms with van der Waals surface area (Å²) in [5.41, 5.74) is 2.47. The number of ether oxygens (including phenoxy) is 1. The van der Waals surface area contributed by atoms with E-state index < -0.39 is 0 Å². The second-order valence-electron chi connectivity index (χ2n) is 4.56. The van der Waals surface area contributed by atoms with Crippen molar-refractivity contribution < 1.29 is 4.74 Å². The highest BCUT2D eigenvalue weighted by Gasteiger charge is 2.10. The van der Waals surface area contributed by atoms with Gasteiger partial charge in [0.1, 0.15) is 5.75 Å². The van der Waals surface area contributed by atoms with E-state index in [0.717, 1.165) is 5.75 Å². The first-order valence-electron chi connectivity index (χ1n) is 4.85. The van der Waals surface area contributed by atoms with Gasteiger partial charge in [-0.15, -0.1) is 0 Å². The predicted molar refractivity (Wildman–Crippen MR) is 61.1 cm³/mol. The van der Waals surface area contributed by atoms with Gasteiger partial charge in [-0.1, -0.05) is 0 Å². The third kappa shape index (κ3) is 2.95. The Labute approximate surface area is 86.3 Å². The molecular formula is C12H19NO. The summed E-state index contributed by atoms with van der Waals surface area (Å²) < 4.78 is 5.15. The molecule has 1 rings (SSSR count). The Kier molecular flexibility index (Phi) is 3.04. The van der Waals surface area contributed by atoms with E-state index in [2.05, 4.69) is 39.1 Å². The molecule has 2 nitrogen and oxygen atoms in total. The lowest BCUT2D eigenvalue weighted by Crippen LogP contribution is -2.26. The van der Waals surface area contributed by atoms with Gasteiger partial charge in [-0.3, -0.25) is 0 Å². The summed E-state index contributed by atoms with van der Waals surface area (Å²) in [6, 6.07) is 6.06. The molecule has 0 aliphatic carbocycles. The van der Waals surface area contributed by atoms with Crippen LogP contribution in [0.3, 0.4) is 0 Å². The zero-order chi connectivity index (χ0) is 10.8. The molecule has 0 aliphatic heterocycles. The van der Waals surface area contributed by atoms with E-state index in [1.54, 1.807) is 7.11 Å². The molecule has 0 aliphatic rings. The molecule has 1 aromatic rings. The molecule has 0 aromatic heterocycles. The van der Waals surface area contributed by atoms with Gasteiger partial charge in [-0.25, -0.2) is 0 Å². The highest BCUT2D eigenvalue weighted by molar-refractivity contribution is 5.54. The van der Waals surface area contributed by atoms with Gasteiger partial charge in [0.15, 0.2) is 0 Å². The van der Waals surface area contributed by atoms with E-state index in [-0.39, 0.29) is 5.54 Å². The van der Waals surface area contributed by atoms with Crippen molar-refractivity contribution in [2.45, 2.75) is 33.2 Å². The number of anilines is 1. The fraction of sp³-hybridized carbons (Fsp3) is 0.500.